The van der Waals surface area contributed by atoms with E-state index >= 15 is 0 Å². The number of amides is 2. The number of aryl methyl sites for hydroxylation is 1. The Morgan fingerprint density at radius 2 is 1.90 bits per heavy atom. The molecule has 1 unspecified atom stereocenters. The zero-order chi connectivity index (χ0) is 21.3. The van der Waals surface area contributed by atoms with Crippen molar-refractivity contribution in [3.05, 3.63) is 59.2 Å². The topological polar surface area (TPSA) is 85.2 Å². The van der Waals surface area contributed by atoms with Gasteiger partial charge in [-0.15, -0.1) is 0 Å². The van der Waals surface area contributed by atoms with Crippen LogP contribution in [-0.2, 0) is 9.59 Å². The SMILES string of the molecule is CCOc1ccc(NC(=O)CC2C(=O)Nc3c(-c4ccc(Cl)cc4)c(C)nn32)cc1. The molecule has 0 fully saturated rings. The lowest BCUT2D eigenvalue weighted by Gasteiger charge is -2.10. The van der Waals surface area contributed by atoms with Crippen molar-refractivity contribution in [2.75, 3.05) is 17.2 Å². The number of ether oxygens (including phenoxy) is 1. The van der Waals surface area contributed by atoms with Gasteiger partial charge in [-0.05, 0) is 55.8 Å². The number of aromatic nitrogens is 2. The van der Waals surface area contributed by atoms with E-state index in [-0.39, 0.29) is 18.2 Å². The third-order valence-electron chi connectivity index (χ3n) is 4.89. The molecule has 154 valence electrons. The average molecular weight is 425 g/mol. The molecule has 0 saturated heterocycles. The molecule has 1 aromatic heterocycles. The first kappa shape index (κ1) is 20.0. The number of rotatable bonds is 6. The molecule has 2 amide bonds. The maximum atomic E-state index is 12.6. The largest absolute Gasteiger partial charge is 0.494 e. The number of nitrogens with zero attached hydrogens (tertiary/aromatic N) is 2. The van der Waals surface area contributed by atoms with Crippen LogP contribution in [-0.4, -0.2) is 28.2 Å². The molecule has 2 heterocycles. The second-order valence-electron chi connectivity index (χ2n) is 6.98. The number of anilines is 2. The Labute approximate surface area is 179 Å². The van der Waals surface area contributed by atoms with Crippen molar-refractivity contribution in [2.24, 2.45) is 0 Å². The van der Waals surface area contributed by atoms with Crippen LogP contribution in [0.1, 0.15) is 25.1 Å². The number of halogens is 1. The molecule has 2 aromatic carbocycles. The minimum absolute atomic E-state index is 0.0206. The molecule has 4 rings (SSSR count). The van der Waals surface area contributed by atoms with E-state index in [0.717, 1.165) is 22.6 Å². The maximum absolute atomic E-state index is 12.6. The Bertz CT molecular complexity index is 1090. The molecule has 0 aliphatic carbocycles. The minimum Gasteiger partial charge on any atom is -0.494 e. The zero-order valence-corrected chi connectivity index (χ0v) is 17.4. The molecule has 1 atom stereocenters. The van der Waals surface area contributed by atoms with Crippen LogP contribution in [0.5, 0.6) is 5.75 Å². The summed E-state index contributed by atoms with van der Waals surface area (Å²) >= 11 is 5.98. The maximum Gasteiger partial charge on any atom is 0.251 e. The van der Waals surface area contributed by atoms with Gasteiger partial charge in [0.25, 0.3) is 5.91 Å². The third-order valence-corrected chi connectivity index (χ3v) is 5.14. The third kappa shape index (κ3) is 3.89. The van der Waals surface area contributed by atoms with Crippen LogP contribution in [0.2, 0.25) is 5.02 Å². The first-order valence-electron chi connectivity index (χ1n) is 9.65. The Balaban J connectivity index is 1.51. The summed E-state index contributed by atoms with van der Waals surface area (Å²) in [4.78, 5) is 25.1. The predicted octanol–water partition coefficient (Wildman–Crippen LogP) is 4.43. The fraction of sp³-hybridized carbons (Fsp3) is 0.227. The average Bonchev–Trinajstić information content (AvgIpc) is 3.18. The van der Waals surface area contributed by atoms with Crippen molar-refractivity contribution < 1.29 is 14.3 Å². The van der Waals surface area contributed by atoms with E-state index < -0.39 is 6.04 Å². The Hall–Kier alpha value is -3.32. The van der Waals surface area contributed by atoms with Gasteiger partial charge < -0.3 is 15.4 Å². The summed E-state index contributed by atoms with van der Waals surface area (Å²) in [6, 6.07) is 13.7. The van der Waals surface area contributed by atoms with E-state index in [2.05, 4.69) is 15.7 Å². The molecular formula is C22H21ClN4O3. The monoisotopic (exact) mass is 424 g/mol. The van der Waals surface area contributed by atoms with Crippen LogP contribution in [0.4, 0.5) is 11.5 Å². The lowest BCUT2D eigenvalue weighted by atomic mass is 10.1. The van der Waals surface area contributed by atoms with Crippen LogP contribution in [0.25, 0.3) is 11.1 Å². The first-order valence-corrected chi connectivity index (χ1v) is 10.0. The lowest BCUT2D eigenvalue weighted by Crippen LogP contribution is -2.23. The molecule has 7 nitrogen and oxygen atoms in total. The fourth-order valence-corrected chi connectivity index (χ4v) is 3.66. The summed E-state index contributed by atoms with van der Waals surface area (Å²) in [5, 5.41) is 10.8. The van der Waals surface area contributed by atoms with Crippen LogP contribution < -0.4 is 15.4 Å². The smallest absolute Gasteiger partial charge is 0.251 e. The lowest BCUT2D eigenvalue weighted by molar-refractivity contribution is -0.123. The molecule has 0 spiro atoms. The molecule has 3 aromatic rings. The van der Waals surface area contributed by atoms with Crippen molar-refractivity contribution in [3.8, 4) is 16.9 Å². The van der Waals surface area contributed by atoms with Gasteiger partial charge in [0.1, 0.15) is 17.6 Å². The van der Waals surface area contributed by atoms with Gasteiger partial charge >= 0.3 is 0 Å². The van der Waals surface area contributed by atoms with Crippen LogP contribution in [0.3, 0.4) is 0 Å². The number of hydrogen-bond donors (Lipinski definition) is 2. The van der Waals surface area contributed by atoms with Gasteiger partial charge in [0.2, 0.25) is 5.91 Å². The van der Waals surface area contributed by atoms with E-state index in [1.807, 2.05) is 26.0 Å². The summed E-state index contributed by atoms with van der Waals surface area (Å²) in [6.07, 6.45) is -0.0206. The van der Waals surface area contributed by atoms with Gasteiger partial charge in [0.05, 0.1) is 18.7 Å². The normalized spacial score (nSPS) is 14.9. The van der Waals surface area contributed by atoms with Gasteiger partial charge in [-0.1, -0.05) is 23.7 Å². The number of fused-ring (bicyclic) bond motifs is 1. The molecule has 1 aliphatic heterocycles. The highest BCUT2D eigenvalue weighted by Gasteiger charge is 2.36. The fourth-order valence-electron chi connectivity index (χ4n) is 3.53. The second kappa shape index (κ2) is 8.20. The Morgan fingerprint density at radius 3 is 2.57 bits per heavy atom. The van der Waals surface area contributed by atoms with E-state index in [1.165, 1.54) is 0 Å². The highest BCUT2D eigenvalue weighted by atomic mass is 35.5. The molecule has 8 heteroatoms. The van der Waals surface area contributed by atoms with Crippen molar-refractivity contribution in [2.45, 2.75) is 26.3 Å². The number of carbonyl (C=O) groups excluding carboxylic acids is 2. The van der Waals surface area contributed by atoms with Crippen molar-refractivity contribution in [1.29, 1.82) is 0 Å². The first-order chi connectivity index (χ1) is 14.5. The van der Waals surface area contributed by atoms with Gasteiger partial charge in [-0.25, -0.2) is 4.68 Å². The number of nitrogens with one attached hydrogen (secondary N) is 2. The van der Waals surface area contributed by atoms with Gasteiger partial charge in [-0.3, -0.25) is 9.59 Å². The molecule has 30 heavy (non-hydrogen) atoms. The molecule has 2 N–H and O–H groups in total. The Kier molecular flexibility index (Phi) is 5.46. The zero-order valence-electron chi connectivity index (χ0n) is 16.6. The quantitative estimate of drug-likeness (QED) is 0.612. The molecule has 0 radical (unpaired) electrons. The van der Waals surface area contributed by atoms with Gasteiger partial charge in [0, 0.05) is 16.3 Å². The molecular weight excluding hydrogens is 404 g/mol. The summed E-state index contributed by atoms with van der Waals surface area (Å²) < 4.78 is 7.00. The summed E-state index contributed by atoms with van der Waals surface area (Å²) in [7, 11) is 0. The molecule has 0 bridgehead atoms. The second-order valence-corrected chi connectivity index (χ2v) is 7.41. The minimum atomic E-state index is -0.706. The van der Waals surface area contributed by atoms with E-state index in [1.54, 1.807) is 41.1 Å². The van der Waals surface area contributed by atoms with Crippen LogP contribution in [0, 0.1) is 6.92 Å². The van der Waals surface area contributed by atoms with Gasteiger partial charge in [-0.2, -0.15) is 5.10 Å². The summed E-state index contributed by atoms with van der Waals surface area (Å²) in [5.41, 5.74) is 3.14. The standard InChI is InChI=1S/C22H21ClN4O3/c1-3-30-17-10-8-16(9-11-17)24-19(28)12-18-22(29)25-21-20(13(2)26-27(18)21)14-4-6-15(23)7-5-14/h4-11,18H,3,12H2,1-2H3,(H,24,28)(H,25,29). The van der Waals surface area contributed by atoms with Crippen molar-refractivity contribution in [3.63, 3.8) is 0 Å². The highest BCUT2D eigenvalue weighted by molar-refractivity contribution is 6.30. The van der Waals surface area contributed by atoms with E-state index in [9.17, 15) is 9.59 Å². The molecule has 0 saturated carbocycles. The summed E-state index contributed by atoms with van der Waals surface area (Å²) in [5.74, 6) is 0.804. The van der Waals surface area contributed by atoms with E-state index in [0.29, 0.717) is 23.1 Å². The Morgan fingerprint density at radius 1 is 1.20 bits per heavy atom. The summed E-state index contributed by atoms with van der Waals surface area (Å²) in [6.45, 7) is 4.36. The van der Waals surface area contributed by atoms with Crippen molar-refractivity contribution >= 4 is 34.9 Å². The number of benzene rings is 2. The van der Waals surface area contributed by atoms with Crippen LogP contribution >= 0.6 is 11.6 Å². The number of hydrogen-bond acceptors (Lipinski definition) is 4. The predicted molar refractivity (Wildman–Crippen MR) is 116 cm³/mol. The highest BCUT2D eigenvalue weighted by Crippen LogP contribution is 2.38. The number of carbonyl (C=O) groups is 2. The molecule has 1 aliphatic rings. The van der Waals surface area contributed by atoms with Gasteiger partial charge in [0.15, 0.2) is 0 Å². The van der Waals surface area contributed by atoms with E-state index in [4.69, 9.17) is 16.3 Å². The van der Waals surface area contributed by atoms with Crippen molar-refractivity contribution in [1.82, 2.24) is 9.78 Å². The van der Waals surface area contributed by atoms with Crippen LogP contribution in [0.15, 0.2) is 48.5 Å².